The molecule has 7 nitrogen and oxygen atoms in total. The van der Waals surface area contributed by atoms with Crippen LogP contribution in [0.15, 0.2) is 12.1 Å². The number of likely N-dealkylation sites (tertiary alicyclic amines) is 1. The lowest BCUT2D eigenvalue weighted by Gasteiger charge is -2.40. The van der Waals surface area contributed by atoms with Crippen LogP contribution in [0.25, 0.3) is 11.0 Å². The second-order valence-electron chi connectivity index (χ2n) is 8.11. The van der Waals surface area contributed by atoms with E-state index in [4.69, 9.17) is 0 Å². The van der Waals surface area contributed by atoms with Crippen LogP contribution in [-0.4, -0.2) is 76.8 Å². The Morgan fingerprint density at radius 2 is 2.11 bits per heavy atom. The maximum Gasteiger partial charge on any atom is 0.317 e. The Kier molecular flexibility index (Phi) is 5.72. The normalized spacial score (nSPS) is 20.4. The van der Waals surface area contributed by atoms with Gasteiger partial charge in [0.05, 0.1) is 23.2 Å². The number of amides is 2. The van der Waals surface area contributed by atoms with Crippen molar-refractivity contribution >= 4 is 17.1 Å². The highest BCUT2D eigenvalue weighted by atomic mass is 16.3. The number of fused-ring (bicyclic) bond motifs is 1. The SMILES string of the molecule is Cc1cc2nc(CCNC(=O)N3CCCC(O)(CN(C)C)C3)[nH]c2cc1C. The molecular weight excluding hydrogens is 342 g/mol. The summed E-state index contributed by atoms with van der Waals surface area (Å²) in [4.78, 5) is 24.1. The number of hydrogen-bond acceptors (Lipinski definition) is 4. The number of piperidine rings is 1. The fraction of sp³-hybridized carbons (Fsp3) is 0.600. The fourth-order valence-electron chi connectivity index (χ4n) is 3.84. The third-order valence-corrected chi connectivity index (χ3v) is 5.24. The number of nitrogens with zero attached hydrogens (tertiary/aromatic N) is 3. The average molecular weight is 374 g/mol. The van der Waals surface area contributed by atoms with Gasteiger partial charge in [-0.2, -0.15) is 0 Å². The highest BCUT2D eigenvalue weighted by Crippen LogP contribution is 2.22. The number of likely N-dealkylation sites (N-methyl/N-ethyl adjacent to an activating group) is 1. The Balaban J connectivity index is 1.53. The van der Waals surface area contributed by atoms with Crippen LogP contribution in [0, 0.1) is 13.8 Å². The van der Waals surface area contributed by atoms with Gasteiger partial charge in [0.25, 0.3) is 0 Å². The van der Waals surface area contributed by atoms with Crippen LogP contribution in [0.1, 0.15) is 29.8 Å². The summed E-state index contributed by atoms with van der Waals surface area (Å²) in [7, 11) is 3.88. The van der Waals surface area contributed by atoms with Crippen molar-refractivity contribution in [1.29, 1.82) is 0 Å². The van der Waals surface area contributed by atoms with Gasteiger partial charge in [0, 0.05) is 26.1 Å². The maximum atomic E-state index is 12.5. The lowest BCUT2D eigenvalue weighted by atomic mass is 9.92. The van der Waals surface area contributed by atoms with E-state index < -0.39 is 5.60 Å². The first-order valence-electron chi connectivity index (χ1n) is 9.61. The van der Waals surface area contributed by atoms with E-state index in [9.17, 15) is 9.90 Å². The van der Waals surface area contributed by atoms with E-state index in [2.05, 4.69) is 41.3 Å². The topological polar surface area (TPSA) is 84.5 Å². The van der Waals surface area contributed by atoms with Gasteiger partial charge in [-0.1, -0.05) is 0 Å². The van der Waals surface area contributed by atoms with E-state index in [0.29, 0.717) is 32.6 Å². The molecule has 7 heteroatoms. The number of rotatable bonds is 5. The van der Waals surface area contributed by atoms with Crippen LogP contribution in [0.4, 0.5) is 4.79 Å². The van der Waals surface area contributed by atoms with Gasteiger partial charge >= 0.3 is 6.03 Å². The summed E-state index contributed by atoms with van der Waals surface area (Å²) < 4.78 is 0. The Labute approximate surface area is 160 Å². The van der Waals surface area contributed by atoms with Crippen molar-refractivity contribution in [3.8, 4) is 0 Å². The maximum absolute atomic E-state index is 12.5. The largest absolute Gasteiger partial charge is 0.387 e. The number of nitrogens with one attached hydrogen (secondary N) is 2. The minimum Gasteiger partial charge on any atom is -0.387 e. The molecule has 0 spiro atoms. The number of carbonyl (C=O) groups excluding carboxylic acids is 1. The van der Waals surface area contributed by atoms with Gasteiger partial charge in [0.2, 0.25) is 0 Å². The number of aliphatic hydroxyl groups is 1. The molecular formula is C20H31N5O2. The van der Waals surface area contributed by atoms with Crippen molar-refractivity contribution in [2.24, 2.45) is 0 Å². The first-order chi connectivity index (χ1) is 12.8. The van der Waals surface area contributed by atoms with Crippen molar-refractivity contribution in [3.63, 3.8) is 0 Å². The summed E-state index contributed by atoms with van der Waals surface area (Å²) in [6, 6.07) is 4.08. The van der Waals surface area contributed by atoms with E-state index in [1.54, 1.807) is 4.90 Å². The zero-order valence-corrected chi connectivity index (χ0v) is 16.8. The second-order valence-corrected chi connectivity index (χ2v) is 8.11. The number of carbonyl (C=O) groups is 1. The van der Waals surface area contributed by atoms with Gasteiger partial charge in [-0.05, 0) is 64.0 Å². The molecule has 1 aliphatic rings. The molecule has 1 fully saturated rings. The van der Waals surface area contributed by atoms with E-state index >= 15 is 0 Å². The van der Waals surface area contributed by atoms with Gasteiger partial charge in [-0.25, -0.2) is 9.78 Å². The standard InChI is InChI=1S/C20H31N5O2/c1-14-10-16-17(11-15(14)2)23-18(22-16)6-8-21-19(26)25-9-5-7-20(27,13-25)12-24(3)4/h10-11,27H,5-9,12-13H2,1-4H3,(H,21,26)(H,22,23). The van der Waals surface area contributed by atoms with Crippen LogP contribution in [0.3, 0.4) is 0 Å². The number of imidazole rings is 1. The summed E-state index contributed by atoms with van der Waals surface area (Å²) in [5.74, 6) is 0.873. The van der Waals surface area contributed by atoms with Crippen molar-refractivity contribution in [2.45, 2.75) is 38.7 Å². The summed E-state index contributed by atoms with van der Waals surface area (Å²) in [6.07, 6.45) is 2.20. The lowest BCUT2D eigenvalue weighted by molar-refractivity contribution is -0.0346. The molecule has 0 radical (unpaired) electrons. The lowest BCUT2D eigenvalue weighted by Crippen LogP contribution is -2.56. The zero-order chi connectivity index (χ0) is 19.6. The van der Waals surface area contributed by atoms with Crippen LogP contribution in [0.5, 0.6) is 0 Å². The Morgan fingerprint density at radius 3 is 2.85 bits per heavy atom. The minimum atomic E-state index is -0.826. The molecule has 1 aliphatic heterocycles. The Hall–Kier alpha value is -2.12. The van der Waals surface area contributed by atoms with Gasteiger partial charge in [-0.3, -0.25) is 0 Å². The van der Waals surface area contributed by atoms with Crippen molar-refractivity contribution in [1.82, 2.24) is 25.1 Å². The van der Waals surface area contributed by atoms with Crippen molar-refractivity contribution < 1.29 is 9.90 Å². The number of aryl methyl sites for hydroxylation is 2. The summed E-state index contributed by atoms with van der Waals surface area (Å²) in [5.41, 5.74) is 3.63. The molecule has 0 saturated carbocycles. The van der Waals surface area contributed by atoms with E-state index in [-0.39, 0.29) is 6.03 Å². The molecule has 3 N–H and O–H groups in total. The molecule has 1 unspecified atom stereocenters. The number of aromatic nitrogens is 2. The second kappa shape index (κ2) is 7.86. The molecule has 1 saturated heterocycles. The predicted octanol–water partition coefficient (Wildman–Crippen LogP) is 1.82. The molecule has 2 heterocycles. The van der Waals surface area contributed by atoms with Crippen LogP contribution in [0.2, 0.25) is 0 Å². The van der Waals surface area contributed by atoms with Crippen LogP contribution in [-0.2, 0) is 6.42 Å². The molecule has 0 aliphatic carbocycles. The van der Waals surface area contributed by atoms with Crippen LogP contribution < -0.4 is 5.32 Å². The smallest absolute Gasteiger partial charge is 0.317 e. The summed E-state index contributed by atoms with van der Waals surface area (Å²) in [6.45, 7) is 6.31. The quantitative estimate of drug-likeness (QED) is 0.746. The van der Waals surface area contributed by atoms with E-state index in [1.807, 2.05) is 19.0 Å². The molecule has 0 bridgehead atoms. The molecule has 148 valence electrons. The molecule has 3 rings (SSSR count). The zero-order valence-electron chi connectivity index (χ0n) is 16.8. The molecule has 1 atom stereocenters. The van der Waals surface area contributed by atoms with Gasteiger partial charge < -0.3 is 25.2 Å². The predicted molar refractivity (Wildman–Crippen MR) is 107 cm³/mol. The third-order valence-electron chi connectivity index (χ3n) is 5.24. The number of hydrogen-bond donors (Lipinski definition) is 3. The average Bonchev–Trinajstić information content (AvgIpc) is 2.95. The first-order valence-corrected chi connectivity index (χ1v) is 9.61. The van der Waals surface area contributed by atoms with Gasteiger partial charge in [0.15, 0.2) is 0 Å². The highest BCUT2D eigenvalue weighted by molar-refractivity contribution is 5.77. The molecule has 27 heavy (non-hydrogen) atoms. The monoisotopic (exact) mass is 373 g/mol. The fourth-order valence-corrected chi connectivity index (χ4v) is 3.84. The number of H-pyrrole nitrogens is 1. The molecule has 2 amide bonds. The Bertz CT molecular complexity index is 777. The molecule has 1 aromatic heterocycles. The Morgan fingerprint density at radius 1 is 1.37 bits per heavy atom. The van der Waals surface area contributed by atoms with Crippen molar-refractivity contribution in [2.75, 3.05) is 40.3 Å². The number of benzene rings is 1. The third kappa shape index (κ3) is 4.78. The van der Waals surface area contributed by atoms with Crippen molar-refractivity contribution in [3.05, 3.63) is 29.1 Å². The summed E-state index contributed by atoms with van der Waals surface area (Å²) in [5, 5.41) is 13.7. The van der Waals surface area contributed by atoms with Crippen LogP contribution >= 0.6 is 0 Å². The van der Waals surface area contributed by atoms with Gasteiger partial charge in [-0.15, -0.1) is 0 Å². The molecule has 2 aromatic rings. The highest BCUT2D eigenvalue weighted by Gasteiger charge is 2.35. The first kappa shape index (κ1) is 19.6. The number of β-amino-alcohol motifs (C(OH)–C–C–N with tert-alkyl or cyclic N) is 1. The van der Waals surface area contributed by atoms with E-state index in [0.717, 1.165) is 29.7 Å². The number of urea groups is 1. The van der Waals surface area contributed by atoms with Gasteiger partial charge in [0.1, 0.15) is 5.82 Å². The molecule has 1 aromatic carbocycles. The van der Waals surface area contributed by atoms with E-state index in [1.165, 1.54) is 11.1 Å². The minimum absolute atomic E-state index is 0.116. The summed E-state index contributed by atoms with van der Waals surface area (Å²) >= 11 is 0. The number of aromatic amines is 1.